The zero-order valence-corrected chi connectivity index (χ0v) is 17.4. The molecular formula is C23H22FN3O5. The Kier molecular flexibility index (Phi) is 5.73. The van der Waals surface area contributed by atoms with Crippen LogP contribution in [0.3, 0.4) is 0 Å². The highest BCUT2D eigenvalue weighted by molar-refractivity contribution is 6.08. The van der Waals surface area contributed by atoms with Crippen LogP contribution in [0.2, 0.25) is 0 Å². The van der Waals surface area contributed by atoms with E-state index in [4.69, 9.17) is 0 Å². The number of hydrazine groups is 1. The number of fused-ring (bicyclic) bond motifs is 1. The van der Waals surface area contributed by atoms with Crippen molar-refractivity contribution in [2.75, 3.05) is 0 Å². The number of nitro groups is 1. The van der Waals surface area contributed by atoms with Crippen LogP contribution < -0.4 is 0 Å². The molecule has 8 nitrogen and oxygen atoms in total. The number of hydrogen-bond acceptors (Lipinski definition) is 5. The van der Waals surface area contributed by atoms with Gasteiger partial charge in [0, 0.05) is 11.6 Å². The zero-order chi connectivity index (χ0) is 23.0. The Balaban J connectivity index is 1.78. The predicted molar refractivity (Wildman–Crippen MR) is 111 cm³/mol. The molecule has 9 heteroatoms. The number of halogens is 1. The smallest absolute Gasteiger partial charge is 0.272 e. The fourth-order valence-electron chi connectivity index (χ4n) is 4.58. The summed E-state index contributed by atoms with van der Waals surface area (Å²) in [4.78, 5) is 50.7. The summed E-state index contributed by atoms with van der Waals surface area (Å²) in [6.07, 6.45) is 1.85. The van der Waals surface area contributed by atoms with Crippen molar-refractivity contribution in [3.63, 3.8) is 0 Å². The molecule has 0 radical (unpaired) electrons. The minimum Gasteiger partial charge on any atom is -0.272 e. The molecule has 1 aliphatic carbocycles. The van der Waals surface area contributed by atoms with Crippen molar-refractivity contribution in [1.82, 2.24) is 10.0 Å². The third kappa shape index (κ3) is 3.74. The molecular weight excluding hydrogens is 417 g/mol. The summed E-state index contributed by atoms with van der Waals surface area (Å²) in [7, 11) is 0. The lowest BCUT2D eigenvalue weighted by molar-refractivity contribution is -0.385. The van der Waals surface area contributed by atoms with Gasteiger partial charge in [-0.1, -0.05) is 37.3 Å². The molecule has 1 heterocycles. The molecule has 166 valence electrons. The van der Waals surface area contributed by atoms with Gasteiger partial charge in [0.2, 0.25) is 0 Å². The minimum atomic E-state index is -0.908. The first-order chi connectivity index (χ1) is 15.3. The Morgan fingerprint density at radius 2 is 1.75 bits per heavy atom. The van der Waals surface area contributed by atoms with Gasteiger partial charge in [-0.25, -0.2) is 9.40 Å². The molecule has 32 heavy (non-hydrogen) atoms. The SMILES string of the molecule is C[C@@H]1CC[C@H]2C(=O)N(N(Cc3ccccc3F)C(=O)c3ccccc3[N+](=O)[O-])C(=O)[C@H]2C1. The standard InChI is InChI=1S/C23H22FN3O5/c1-14-10-11-16-18(12-14)23(30)26(22(16)29)25(13-15-6-2-4-8-19(15)24)21(28)17-7-3-5-9-20(17)27(31)32/h2-9,14,16,18H,10-13H2,1H3/t14-,16-,18+/m1/s1. The second-order valence-electron chi connectivity index (χ2n) is 8.35. The third-order valence-corrected chi connectivity index (χ3v) is 6.25. The molecule has 0 aromatic heterocycles. The molecule has 3 amide bonds. The number of benzene rings is 2. The number of nitrogens with zero attached hydrogens (tertiary/aromatic N) is 3. The van der Waals surface area contributed by atoms with Gasteiger partial charge in [0.05, 0.1) is 23.3 Å². The quantitative estimate of drug-likeness (QED) is 0.402. The van der Waals surface area contributed by atoms with Crippen LogP contribution in [-0.4, -0.2) is 32.7 Å². The van der Waals surface area contributed by atoms with Crippen LogP contribution >= 0.6 is 0 Å². The Labute approximate surface area is 183 Å². The van der Waals surface area contributed by atoms with Gasteiger partial charge in [-0.05, 0) is 37.3 Å². The second kappa shape index (κ2) is 8.49. The fourth-order valence-corrected chi connectivity index (χ4v) is 4.58. The van der Waals surface area contributed by atoms with E-state index in [0.717, 1.165) is 16.4 Å². The number of amides is 3. The Bertz CT molecular complexity index is 1100. The fraction of sp³-hybridized carbons (Fsp3) is 0.348. The largest absolute Gasteiger partial charge is 0.282 e. The molecule has 2 aliphatic rings. The molecule has 1 aliphatic heterocycles. The van der Waals surface area contributed by atoms with Crippen molar-refractivity contribution in [2.24, 2.45) is 17.8 Å². The second-order valence-corrected chi connectivity index (χ2v) is 8.35. The summed E-state index contributed by atoms with van der Waals surface area (Å²) in [5, 5.41) is 13.1. The van der Waals surface area contributed by atoms with Crippen LogP contribution in [0.25, 0.3) is 0 Å². The summed E-state index contributed by atoms with van der Waals surface area (Å²) in [5.41, 5.74) is -0.651. The van der Waals surface area contributed by atoms with E-state index >= 15 is 0 Å². The molecule has 0 unspecified atom stereocenters. The van der Waals surface area contributed by atoms with Crippen LogP contribution in [0, 0.1) is 33.7 Å². The minimum absolute atomic E-state index is 0.0864. The van der Waals surface area contributed by atoms with Crippen LogP contribution in [0.1, 0.15) is 42.1 Å². The summed E-state index contributed by atoms with van der Waals surface area (Å²) >= 11 is 0. The molecule has 3 atom stereocenters. The average Bonchev–Trinajstić information content (AvgIpc) is 3.02. The van der Waals surface area contributed by atoms with Gasteiger partial charge in [-0.3, -0.25) is 24.5 Å². The van der Waals surface area contributed by atoms with Gasteiger partial charge >= 0.3 is 0 Å². The Morgan fingerprint density at radius 3 is 2.47 bits per heavy atom. The number of carbonyl (C=O) groups excluding carboxylic acids is 3. The van der Waals surface area contributed by atoms with Gasteiger partial charge in [-0.15, -0.1) is 0 Å². The molecule has 0 spiro atoms. The molecule has 1 saturated heterocycles. The maximum Gasteiger partial charge on any atom is 0.282 e. The van der Waals surface area contributed by atoms with Crippen LogP contribution in [0.15, 0.2) is 48.5 Å². The van der Waals surface area contributed by atoms with Gasteiger partial charge in [0.1, 0.15) is 11.4 Å². The normalized spacial score (nSPS) is 22.6. The molecule has 2 aromatic carbocycles. The average molecular weight is 439 g/mol. The molecule has 1 saturated carbocycles. The predicted octanol–water partition coefficient (Wildman–Crippen LogP) is 3.71. The van der Waals surface area contributed by atoms with Crippen molar-refractivity contribution in [3.05, 3.63) is 75.6 Å². The van der Waals surface area contributed by atoms with Crippen molar-refractivity contribution in [3.8, 4) is 0 Å². The van der Waals surface area contributed by atoms with Crippen molar-refractivity contribution < 1.29 is 23.7 Å². The Hall–Kier alpha value is -3.62. The third-order valence-electron chi connectivity index (χ3n) is 6.25. The van der Waals surface area contributed by atoms with E-state index in [1.807, 2.05) is 6.92 Å². The Morgan fingerprint density at radius 1 is 1.09 bits per heavy atom. The van der Waals surface area contributed by atoms with Crippen LogP contribution in [-0.2, 0) is 16.1 Å². The number of carbonyl (C=O) groups is 3. The highest BCUT2D eigenvalue weighted by atomic mass is 19.1. The van der Waals surface area contributed by atoms with E-state index in [0.29, 0.717) is 12.8 Å². The number of hydrogen-bond donors (Lipinski definition) is 0. The first kappa shape index (κ1) is 21.6. The number of para-hydroxylation sites is 1. The summed E-state index contributed by atoms with van der Waals surface area (Å²) in [6, 6.07) is 11.0. The summed E-state index contributed by atoms with van der Waals surface area (Å²) < 4.78 is 14.4. The highest BCUT2D eigenvalue weighted by Gasteiger charge is 2.53. The summed E-state index contributed by atoms with van der Waals surface area (Å²) in [6.45, 7) is 1.59. The molecule has 0 bridgehead atoms. The molecule has 2 fully saturated rings. The number of nitro benzene ring substituents is 1. The number of rotatable bonds is 5. The lowest BCUT2D eigenvalue weighted by atomic mass is 9.76. The first-order valence-corrected chi connectivity index (χ1v) is 10.5. The molecule has 4 rings (SSSR count). The van der Waals surface area contributed by atoms with Crippen LogP contribution in [0.4, 0.5) is 10.1 Å². The van der Waals surface area contributed by atoms with Gasteiger partial charge in [0.15, 0.2) is 0 Å². The molecule has 2 aromatic rings. The monoisotopic (exact) mass is 439 g/mol. The zero-order valence-electron chi connectivity index (χ0n) is 17.4. The van der Waals surface area contributed by atoms with E-state index in [1.54, 1.807) is 6.07 Å². The van der Waals surface area contributed by atoms with E-state index < -0.39 is 52.5 Å². The highest BCUT2D eigenvalue weighted by Crippen LogP contribution is 2.41. The topological polar surface area (TPSA) is 101 Å². The van der Waals surface area contributed by atoms with E-state index in [-0.39, 0.29) is 17.0 Å². The van der Waals surface area contributed by atoms with Gasteiger partial charge in [-0.2, -0.15) is 5.01 Å². The number of imide groups is 1. The maximum atomic E-state index is 14.4. The van der Waals surface area contributed by atoms with E-state index in [9.17, 15) is 28.9 Å². The first-order valence-electron chi connectivity index (χ1n) is 10.5. The molecule has 0 N–H and O–H groups in total. The van der Waals surface area contributed by atoms with Crippen molar-refractivity contribution in [1.29, 1.82) is 0 Å². The lowest BCUT2D eigenvalue weighted by Crippen LogP contribution is -2.50. The van der Waals surface area contributed by atoms with Crippen molar-refractivity contribution >= 4 is 23.4 Å². The van der Waals surface area contributed by atoms with E-state index in [2.05, 4.69) is 0 Å². The summed E-state index contributed by atoms with van der Waals surface area (Å²) in [5.74, 6) is -3.39. The maximum absolute atomic E-state index is 14.4. The van der Waals surface area contributed by atoms with Gasteiger partial charge < -0.3 is 0 Å². The van der Waals surface area contributed by atoms with E-state index in [1.165, 1.54) is 42.5 Å². The van der Waals surface area contributed by atoms with Crippen molar-refractivity contribution in [2.45, 2.75) is 32.7 Å². The van der Waals surface area contributed by atoms with Gasteiger partial charge in [0.25, 0.3) is 23.4 Å². The lowest BCUT2D eigenvalue weighted by Gasteiger charge is -2.30. The van der Waals surface area contributed by atoms with Crippen LogP contribution in [0.5, 0.6) is 0 Å².